The van der Waals surface area contributed by atoms with Crippen molar-refractivity contribution in [3.8, 4) is 0 Å². The molecule has 2 aromatic rings. The van der Waals surface area contributed by atoms with Gasteiger partial charge in [-0.2, -0.15) is 11.3 Å². The van der Waals surface area contributed by atoms with Crippen LogP contribution in [-0.2, 0) is 11.2 Å². The van der Waals surface area contributed by atoms with Gasteiger partial charge in [-0.1, -0.05) is 31.2 Å². The summed E-state index contributed by atoms with van der Waals surface area (Å²) in [5.41, 5.74) is 3.17. The molecular weight excluding hydrogens is 308 g/mol. The molecule has 23 heavy (non-hydrogen) atoms. The van der Waals surface area contributed by atoms with Crippen molar-refractivity contribution in [3.63, 3.8) is 0 Å². The van der Waals surface area contributed by atoms with E-state index in [1.807, 2.05) is 22.4 Å². The fourth-order valence-electron chi connectivity index (χ4n) is 3.14. The molecule has 120 valence electrons. The molecule has 0 spiro atoms. The standard InChI is InChI=1S/C18H20N2O2S/c1-2-16-15-6-4-3-5-13(15)7-9-20(16)17(21)11-19-18(22)14-8-10-23-12-14/h3-6,8,10,12,16H,2,7,9,11H2,1H3,(H,19,22)/t16-/m0/s1. The van der Waals surface area contributed by atoms with Gasteiger partial charge in [0, 0.05) is 17.5 Å². The SMILES string of the molecule is CC[C@H]1c2ccccc2CCN1C(=O)CNC(=O)c1ccsc1. The second kappa shape index (κ2) is 6.96. The monoisotopic (exact) mass is 328 g/mol. The van der Waals surface area contributed by atoms with Gasteiger partial charge in [0.2, 0.25) is 5.91 Å². The van der Waals surface area contributed by atoms with Gasteiger partial charge in [0.1, 0.15) is 0 Å². The molecule has 0 saturated heterocycles. The number of amides is 2. The minimum absolute atomic E-state index is 0.0186. The van der Waals surface area contributed by atoms with Gasteiger partial charge < -0.3 is 10.2 Å². The van der Waals surface area contributed by atoms with E-state index in [4.69, 9.17) is 0 Å². The molecule has 1 aromatic carbocycles. The fraction of sp³-hybridized carbons (Fsp3) is 0.333. The van der Waals surface area contributed by atoms with Crippen molar-refractivity contribution >= 4 is 23.2 Å². The molecule has 1 N–H and O–H groups in total. The summed E-state index contributed by atoms with van der Waals surface area (Å²) in [6, 6.07) is 10.2. The van der Waals surface area contributed by atoms with E-state index in [9.17, 15) is 9.59 Å². The van der Waals surface area contributed by atoms with Crippen LogP contribution in [-0.4, -0.2) is 29.8 Å². The number of rotatable bonds is 4. The minimum Gasteiger partial charge on any atom is -0.343 e. The molecule has 2 amide bonds. The van der Waals surface area contributed by atoms with E-state index in [0.29, 0.717) is 12.1 Å². The number of benzene rings is 1. The Morgan fingerprint density at radius 2 is 2.13 bits per heavy atom. The summed E-state index contributed by atoms with van der Waals surface area (Å²) in [5, 5.41) is 6.36. The predicted molar refractivity (Wildman–Crippen MR) is 91.5 cm³/mol. The van der Waals surface area contributed by atoms with Crippen LogP contribution in [0.25, 0.3) is 0 Å². The van der Waals surface area contributed by atoms with Gasteiger partial charge in [0.05, 0.1) is 12.6 Å². The van der Waals surface area contributed by atoms with Crippen molar-refractivity contribution < 1.29 is 9.59 Å². The summed E-state index contributed by atoms with van der Waals surface area (Å²) >= 11 is 1.47. The molecule has 0 aliphatic carbocycles. The van der Waals surface area contributed by atoms with Crippen molar-refractivity contribution in [1.29, 1.82) is 0 Å². The normalized spacial score (nSPS) is 16.7. The van der Waals surface area contributed by atoms with E-state index in [1.54, 1.807) is 11.4 Å². The predicted octanol–water partition coefficient (Wildman–Crippen LogP) is 3.01. The third kappa shape index (κ3) is 3.29. The van der Waals surface area contributed by atoms with Crippen LogP contribution >= 0.6 is 11.3 Å². The summed E-state index contributed by atoms with van der Waals surface area (Å²) in [5.74, 6) is -0.208. The lowest BCUT2D eigenvalue weighted by atomic mass is 9.91. The molecule has 5 heteroatoms. The van der Waals surface area contributed by atoms with Crippen LogP contribution in [0.2, 0.25) is 0 Å². The Labute approximate surface area is 140 Å². The van der Waals surface area contributed by atoms with Crippen molar-refractivity contribution in [3.05, 3.63) is 57.8 Å². The average Bonchev–Trinajstić information content (AvgIpc) is 3.13. The second-order valence-electron chi connectivity index (χ2n) is 5.65. The van der Waals surface area contributed by atoms with Crippen molar-refractivity contribution in [2.24, 2.45) is 0 Å². The van der Waals surface area contributed by atoms with Crippen LogP contribution in [0, 0.1) is 0 Å². The molecule has 1 aliphatic heterocycles. The maximum atomic E-state index is 12.6. The second-order valence-corrected chi connectivity index (χ2v) is 6.43. The van der Waals surface area contributed by atoms with E-state index in [1.165, 1.54) is 22.5 Å². The van der Waals surface area contributed by atoms with Gasteiger partial charge in [-0.05, 0) is 35.4 Å². The van der Waals surface area contributed by atoms with Gasteiger partial charge in [-0.25, -0.2) is 0 Å². The quantitative estimate of drug-likeness (QED) is 0.938. The lowest BCUT2D eigenvalue weighted by Crippen LogP contribution is -2.45. The highest BCUT2D eigenvalue weighted by Crippen LogP contribution is 2.31. The molecule has 4 nitrogen and oxygen atoms in total. The zero-order chi connectivity index (χ0) is 16.2. The molecule has 2 heterocycles. The van der Waals surface area contributed by atoms with Crippen LogP contribution in [0.5, 0.6) is 0 Å². The average molecular weight is 328 g/mol. The number of hydrogen-bond acceptors (Lipinski definition) is 3. The Hall–Kier alpha value is -2.14. The number of thiophene rings is 1. The highest BCUT2D eigenvalue weighted by atomic mass is 32.1. The van der Waals surface area contributed by atoms with Gasteiger partial charge in [0.25, 0.3) is 5.91 Å². The molecule has 1 aromatic heterocycles. The summed E-state index contributed by atoms with van der Waals surface area (Å²) in [4.78, 5) is 26.4. The lowest BCUT2D eigenvalue weighted by Gasteiger charge is -2.37. The third-order valence-corrected chi connectivity index (χ3v) is 4.99. The molecule has 0 fully saturated rings. The first-order valence-corrected chi connectivity index (χ1v) is 8.82. The first-order chi connectivity index (χ1) is 11.2. The van der Waals surface area contributed by atoms with Crippen LogP contribution < -0.4 is 5.32 Å². The molecule has 0 radical (unpaired) electrons. The van der Waals surface area contributed by atoms with Crippen LogP contribution in [0.3, 0.4) is 0 Å². The van der Waals surface area contributed by atoms with E-state index in [2.05, 4.69) is 24.4 Å². The van der Waals surface area contributed by atoms with Gasteiger partial charge in [0.15, 0.2) is 0 Å². The van der Waals surface area contributed by atoms with Gasteiger partial charge in [-0.15, -0.1) is 0 Å². The molecular formula is C18H20N2O2S. The topological polar surface area (TPSA) is 49.4 Å². The van der Waals surface area contributed by atoms with Gasteiger partial charge in [-0.3, -0.25) is 9.59 Å². The summed E-state index contributed by atoms with van der Waals surface area (Å²) in [7, 11) is 0. The Bertz CT molecular complexity index is 697. The minimum atomic E-state index is -0.190. The third-order valence-electron chi connectivity index (χ3n) is 4.30. The van der Waals surface area contributed by atoms with Crippen molar-refractivity contribution in [1.82, 2.24) is 10.2 Å². The zero-order valence-corrected chi connectivity index (χ0v) is 13.9. The van der Waals surface area contributed by atoms with Crippen molar-refractivity contribution in [2.45, 2.75) is 25.8 Å². The first-order valence-electron chi connectivity index (χ1n) is 7.88. The number of fused-ring (bicyclic) bond motifs is 1. The van der Waals surface area contributed by atoms with Crippen LogP contribution in [0.4, 0.5) is 0 Å². The molecule has 0 saturated carbocycles. The summed E-state index contributed by atoms with van der Waals surface area (Å²) < 4.78 is 0. The lowest BCUT2D eigenvalue weighted by molar-refractivity contribution is -0.133. The number of carbonyl (C=O) groups excluding carboxylic acids is 2. The first kappa shape index (κ1) is 15.7. The summed E-state index contributed by atoms with van der Waals surface area (Å²) in [6.07, 6.45) is 1.75. The van der Waals surface area contributed by atoms with E-state index < -0.39 is 0 Å². The van der Waals surface area contributed by atoms with Crippen LogP contribution in [0.1, 0.15) is 40.9 Å². The number of hydrogen-bond donors (Lipinski definition) is 1. The Kier molecular flexibility index (Phi) is 4.76. The van der Waals surface area contributed by atoms with Crippen LogP contribution in [0.15, 0.2) is 41.1 Å². The maximum Gasteiger partial charge on any atom is 0.252 e. The largest absolute Gasteiger partial charge is 0.343 e. The molecule has 3 rings (SSSR count). The Balaban J connectivity index is 1.66. The van der Waals surface area contributed by atoms with E-state index in [-0.39, 0.29) is 24.4 Å². The summed E-state index contributed by atoms with van der Waals surface area (Å²) in [6.45, 7) is 2.85. The zero-order valence-electron chi connectivity index (χ0n) is 13.1. The van der Waals surface area contributed by atoms with Gasteiger partial charge >= 0.3 is 0 Å². The molecule has 0 unspecified atom stereocenters. The highest BCUT2D eigenvalue weighted by Gasteiger charge is 2.29. The number of carbonyl (C=O) groups is 2. The molecule has 0 bridgehead atoms. The fourth-order valence-corrected chi connectivity index (χ4v) is 3.78. The Morgan fingerprint density at radius 3 is 2.87 bits per heavy atom. The Morgan fingerprint density at radius 1 is 1.30 bits per heavy atom. The highest BCUT2D eigenvalue weighted by molar-refractivity contribution is 7.08. The van der Waals surface area contributed by atoms with Crippen molar-refractivity contribution in [2.75, 3.05) is 13.1 Å². The maximum absolute atomic E-state index is 12.6. The smallest absolute Gasteiger partial charge is 0.252 e. The number of nitrogens with zero attached hydrogens (tertiary/aromatic N) is 1. The molecule has 1 atom stereocenters. The number of nitrogens with one attached hydrogen (secondary N) is 1. The van der Waals surface area contributed by atoms with E-state index in [0.717, 1.165) is 12.8 Å². The van der Waals surface area contributed by atoms with E-state index >= 15 is 0 Å². The molecule has 1 aliphatic rings.